The quantitative estimate of drug-likeness (QED) is 0.915. The summed E-state index contributed by atoms with van der Waals surface area (Å²) in [5, 5.41) is 2.27. The van der Waals surface area contributed by atoms with E-state index in [-0.39, 0.29) is 16.8 Å². The molecule has 2 amide bonds. The number of nitrogens with one attached hydrogen (secondary N) is 1. The van der Waals surface area contributed by atoms with Crippen molar-refractivity contribution in [3.63, 3.8) is 0 Å². The molecule has 2 rings (SSSR count). The molecule has 0 aliphatic heterocycles. The fourth-order valence-corrected chi connectivity index (χ4v) is 1.81. The largest absolute Gasteiger partial charge is 0.366 e. The van der Waals surface area contributed by atoms with Crippen LogP contribution in [0.5, 0.6) is 0 Å². The van der Waals surface area contributed by atoms with E-state index in [1.807, 2.05) is 0 Å². The van der Waals surface area contributed by atoms with Crippen LogP contribution in [-0.4, -0.2) is 11.8 Å². The fraction of sp³-hybridized carbons (Fsp3) is 0.0667. The van der Waals surface area contributed by atoms with Crippen molar-refractivity contribution < 1.29 is 22.8 Å². The molecule has 7 heteroatoms. The number of benzene rings is 2. The minimum absolute atomic E-state index is 0.0254. The van der Waals surface area contributed by atoms with Gasteiger partial charge in [0.05, 0.1) is 5.56 Å². The first-order chi connectivity index (χ1) is 10.3. The summed E-state index contributed by atoms with van der Waals surface area (Å²) in [6.45, 7) is 1.37. The Morgan fingerprint density at radius 3 is 2.32 bits per heavy atom. The lowest BCUT2D eigenvalue weighted by Gasteiger charge is -2.11. The molecule has 0 aliphatic carbocycles. The Labute approximate surface area is 123 Å². The Morgan fingerprint density at radius 2 is 1.73 bits per heavy atom. The summed E-state index contributed by atoms with van der Waals surface area (Å²) >= 11 is 0. The van der Waals surface area contributed by atoms with Crippen LogP contribution in [0.1, 0.15) is 26.3 Å². The molecule has 2 aromatic rings. The van der Waals surface area contributed by atoms with Gasteiger partial charge in [-0.25, -0.2) is 13.2 Å². The zero-order valence-electron chi connectivity index (χ0n) is 11.4. The van der Waals surface area contributed by atoms with Crippen molar-refractivity contribution >= 4 is 17.5 Å². The number of nitrogens with two attached hydrogens (primary N) is 1. The van der Waals surface area contributed by atoms with Crippen molar-refractivity contribution in [1.29, 1.82) is 0 Å². The summed E-state index contributed by atoms with van der Waals surface area (Å²) in [5.74, 6) is -4.40. The van der Waals surface area contributed by atoms with Gasteiger partial charge in [0.1, 0.15) is 17.5 Å². The zero-order valence-corrected chi connectivity index (χ0v) is 11.4. The van der Waals surface area contributed by atoms with Crippen LogP contribution < -0.4 is 11.1 Å². The molecular weight excluding hydrogens is 297 g/mol. The topological polar surface area (TPSA) is 72.2 Å². The van der Waals surface area contributed by atoms with Crippen molar-refractivity contribution in [1.82, 2.24) is 0 Å². The molecule has 0 bridgehead atoms. The number of rotatable bonds is 3. The highest BCUT2D eigenvalue weighted by atomic mass is 19.1. The highest BCUT2D eigenvalue weighted by molar-refractivity contribution is 6.05. The van der Waals surface area contributed by atoms with Crippen LogP contribution in [0, 0.1) is 24.4 Å². The lowest BCUT2D eigenvalue weighted by atomic mass is 10.1. The molecule has 0 heterocycles. The Hall–Kier alpha value is -2.83. The standard InChI is InChI=1S/C15H11F3N2O2/c1-7-11(17)4-8(14(19)21)5-13(7)20-15(22)10-3-2-9(16)6-12(10)18/h2-6H,1H3,(H2,19,21)(H,20,22). The number of hydrogen-bond acceptors (Lipinski definition) is 2. The molecule has 0 saturated carbocycles. The summed E-state index contributed by atoms with van der Waals surface area (Å²) in [5.41, 5.74) is 4.54. The summed E-state index contributed by atoms with van der Waals surface area (Å²) in [4.78, 5) is 23.1. The molecule has 0 radical (unpaired) electrons. The van der Waals surface area contributed by atoms with Crippen molar-refractivity contribution in [2.45, 2.75) is 6.92 Å². The van der Waals surface area contributed by atoms with Crippen LogP contribution in [-0.2, 0) is 0 Å². The predicted molar refractivity (Wildman–Crippen MR) is 74.0 cm³/mol. The van der Waals surface area contributed by atoms with Crippen LogP contribution in [0.4, 0.5) is 18.9 Å². The maximum absolute atomic E-state index is 13.7. The van der Waals surface area contributed by atoms with E-state index >= 15 is 0 Å². The molecule has 0 saturated heterocycles. The first-order valence-electron chi connectivity index (χ1n) is 6.16. The second-order valence-electron chi connectivity index (χ2n) is 4.57. The van der Waals surface area contributed by atoms with E-state index in [9.17, 15) is 22.8 Å². The number of carbonyl (C=O) groups excluding carboxylic acids is 2. The molecule has 3 N–H and O–H groups in total. The fourth-order valence-electron chi connectivity index (χ4n) is 1.81. The number of hydrogen-bond donors (Lipinski definition) is 2. The smallest absolute Gasteiger partial charge is 0.258 e. The van der Waals surface area contributed by atoms with Crippen LogP contribution in [0.2, 0.25) is 0 Å². The molecule has 0 aliphatic rings. The Kier molecular flexibility index (Phi) is 4.16. The Bertz CT molecular complexity index is 776. The van der Waals surface area contributed by atoms with Gasteiger partial charge >= 0.3 is 0 Å². The van der Waals surface area contributed by atoms with Gasteiger partial charge in [-0.3, -0.25) is 9.59 Å². The second-order valence-corrected chi connectivity index (χ2v) is 4.57. The van der Waals surface area contributed by atoms with Crippen molar-refractivity contribution in [3.05, 3.63) is 64.5 Å². The van der Waals surface area contributed by atoms with Crippen LogP contribution >= 0.6 is 0 Å². The van der Waals surface area contributed by atoms with E-state index in [0.717, 1.165) is 18.2 Å². The van der Waals surface area contributed by atoms with Gasteiger partial charge in [-0.2, -0.15) is 0 Å². The monoisotopic (exact) mass is 308 g/mol. The van der Waals surface area contributed by atoms with E-state index in [1.165, 1.54) is 13.0 Å². The molecule has 114 valence electrons. The van der Waals surface area contributed by atoms with Crippen molar-refractivity contribution in [2.24, 2.45) is 5.73 Å². The predicted octanol–water partition coefficient (Wildman–Crippen LogP) is 2.76. The van der Waals surface area contributed by atoms with Gasteiger partial charge in [0.15, 0.2) is 0 Å². The third-order valence-electron chi connectivity index (χ3n) is 3.05. The van der Waals surface area contributed by atoms with Gasteiger partial charge in [0, 0.05) is 22.9 Å². The maximum atomic E-state index is 13.7. The third-order valence-corrected chi connectivity index (χ3v) is 3.05. The van der Waals surface area contributed by atoms with Crippen LogP contribution in [0.15, 0.2) is 30.3 Å². The summed E-state index contributed by atoms with van der Waals surface area (Å²) in [6.07, 6.45) is 0. The van der Waals surface area contributed by atoms with Gasteiger partial charge in [0.2, 0.25) is 5.91 Å². The highest BCUT2D eigenvalue weighted by Crippen LogP contribution is 2.22. The summed E-state index contributed by atoms with van der Waals surface area (Å²) < 4.78 is 40.1. The van der Waals surface area contributed by atoms with Crippen LogP contribution in [0.25, 0.3) is 0 Å². The van der Waals surface area contributed by atoms with E-state index < -0.39 is 34.8 Å². The molecule has 22 heavy (non-hydrogen) atoms. The maximum Gasteiger partial charge on any atom is 0.258 e. The number of carbonyl (C=O) groups is 2. The molecule has 0 fully saturated rings. The van der Waals surface area contributed by atoms with Crippen molar-refractivity contribution in [3.8, 4) is 0 Å². The number of anilines is 1. The lowest BCUT2D eigenvalue weighted by molar-refractivity contribution is 0.0995. The molecule has 0 aromatic heterocycles. The van der Waals surface area contributed by atoms with E-state index in [0.29, 0.717) is 6.07 Å². The van der Waals surface area contributed by atoms with E-state index in [2.05, 4.69) is 5.32 Å². The minimum Gasteiger partial charge on any atom is -0.366 e. The number of halogens is 3. The van der Waals surface area contributed by atoms with Crippen LogP contribution in [0.3, 0.4) is 0 Å². The van der Waals surface area contributed by atoms with Gasteiger partial charge in [0.25, 0.3) is 5.91 Å². The van der Waals surface area contributed by atoms with E-state index in [1.54, 1.807) is 0 Å². The highest BCUT2D eigenvalue weighted by Gasteiger charge is 2.16. The average Bonchev–Trinajstić information content (AvgIpc) is 2.43. The molecule has 0 atom stereocenters. The third kappa shape index (κ3) is 3.08. The number of amides is 2. The van der Waals surface area contributed by atoms with E-state index in [4.69, 9.17) is 5.73 Å². The average molecular weight is 308 g/mol. The van der Waals surface area contributed by atoms with Crippen molar-refractivity contribution in [2.75, 3.05) is 5.32 Å². The molecule has 2 aromatic carbocycles. The molecule has 0 spiro atoms. The zero-order chi connectivity index (χ0) is 16.4. The number of primary amides is 1. The van der Waals surface area contributed by atoms with Gasteiger partial charge in [-0.1, -0.05) is 0 Å². The van der Waals surface area contributed by atoms with Gasteiger partial charge in [-0.05, 0) is 31.2 Å². The minimum atomic E-state index is -1.05. The first kappa shape index (κ1) is 15.6. The molecule has 0 unspecified atom stereocenters. The lowest BCUT2D eigenvalue weighted by Crippen LogP contribution is -2.17. The Balaban J connectivity index is 2.37. The molecule has 4 nitrogen and oxygen atoms in total. The second kappa shape index (κ2) is 5.88. The van der Waals surface area contributed by atoms with Gasteiger partial charge < -0.3 is 11.1 Å². The SMILES string of the molecule is Cc1c(F)cc(C(N)=O)cc1NC(=O)c1ccc(F)cc1F. The normalized spacial score (nSPS) is 10.4. The summed E-state index contributed by atoms with van der Waals surface area (Å²) in [6, 6.07) is 4.56. The van der Waals surface area contributed by atoms with Gasteiger partial charge in [-0.15, -0.1) is 0 Å². The molecular formula is C15H11F3N2O2. The summed E-state index contributed by atoms with van der Waals surface area (Å²) in [7, 11) is 0. The Morgan fingerprint density at radius 1 is 1.05 bits per heavy atom. The first-order valence-corrected chi connectivity index (χ1v) is 6.16.